The van der Waals surface area contributed by atoms with Crippen molar-refractivity contribution in [1.82, 2.24) is 4.98 Å². The highest BCUT2D eigenvalue weighted by Crippen LogP contribution is 2.20. The van der Waals surface area contributed by atoms with Crippen LogP contribution in [0.5, 0.6) is 0 Å². The lowest BCUT2D eigenvalue weighted by molar-refractivity contribution is 0.151. The first-order chi connectivity index (χ1) is 9.72. The zero-order valence-electron chi connectivity index (χ0n) is 10.5. The smallest absolute Gasteiger partial charge is 0.295 e. The van der Waals surface area contributed by atoms with E-state index in [1.807, 2.05) is 24.3 Å². The van der Waals surface area contributed by atoms with Gasteiger partial charge in [-0.3, -0.25) is 0 Å². The second kappa shape index (κ2) is 5.28. The molecule has 0 bridgehead atoms. The van der Waals surface area contributed by atoms with E-state index in [0.29, 0.717) is 18.1 Å². The van der Waals surface area contributed by atoms with Crippen molar-refractivity contribution >= 4 is 17.1 Å². The van der Waals surface area contributed by atoms with Gasteiger partial charge in [0.05, 0.1) is 0 Å². The Kier molecular flexibility index (Phi) is 3.33. The maximum absolute atomic E-state index is 12.4. The third-order valence-corrected chi connectivity index (χ3v) is 2.97. The topological polar surface area (TPSA) is 38.1 Å². The number of oxazole rings is 1. The molecule has 1 N–H and O–H groups in total. The number of hydrogen-bond donors (Lipinski definition) is 1. The lowest BCUT2D eigenvalue weighted by Crippen LogP contribution is -1.99. The van der Waals surface area contributed by atoms with Gasteiger partial charge >= 0.3 is 0 Å². The summed E-state index contributed by atoms with van der Waals surface area (Å²) in [6.45, 7) is 0.469. The number of anilines is 1. The van der Waals surface area contributed by atoms with Crippen LogP contribution in [0.4, 0.5) is 14.8 Å². The van der Waals surface area contributed by atoms with Crippen LogP contribution in [0.15, 0.2) is 52.9 Å². The van der Waals surface area contributed by atoms with E-state index in [0.717, 1.165) is 11.1 Å². The van der Waals surface area contributed by atoms with Crippen molar-refractivity contribution in [3.05, 3.63) is 59.7 Å². The van der Waals surface area contributed by atoms with Gasteiger partial charge in [-0.05, 0) is 17.7 Å². The van der Waals surface area contributed by atoms with Crippen molar-refractivity contribution in [2.75, 3.05) is 5.32 Å². The molecule has 3 rings (SSSR count). The summed E-state index contributed by atoms with van der Waals surface area (Å²) in [5.74, 6) is 0. The molecule has 0 aliphatic carbocycles. The van der Waals surface area contributed by atoms with E-state index in [1.165, 1.54) is 12.1 Å². The molecule has 5 heteroatoms. The van der Waals surface area contributed by atoms with Gasteiger partial charge in [-0.1, -0.05) is 36.4 Å². The summed E-state index contributed by atoms with van der Waals surface area (Å²) >= 11 is 0. The van der Waals surface area contributed by atoms with Crippen molar-refractivity contribution in [2.24, 2.45) is 0 Å². The number of para-hydroxylation sites is 2. The van der Waals surface area contributed by atoms with E-state index in [1.54, 1.807) is 12.1 Å². The highest BCUT2D eigenvalue weighted by atomic mass is 19.3. The molecule has 3 nitrogen and oxygen atoms in total. The molecule has 1 aromatic heterocycles. The first kappa shape index (κ1) is 12.6. The summed E-state index contributed by atoms with van der Waals surface area (Å²) in [5, 5.41) is 3.03. The van der Waals surface area contributed by atoms with E-state index in [4.69, 9.17) is 4.42 Å². The molecule has 0 aliphatic rings. The van der Waals surface area contributed by atoms with Crippen LogP contribution in [0.2, 0.25) is 0 Å². The summed E-state index contributed by atoms with van der Waals surface area (Å²) in [5.41, 5.74) is 2.40. The largest absolute Gasteiger partial charge is 0.424 e. The van der Waals surface area contributed by atoms with Crippen LogP contribution < -0.4 is 5.32 Å². The molecule has 0 unspecified atom stereocenters. The van der Waals surface area contributed by atoms with Crippen molar-refractivity contribution in [3.63, 3.8) is 0 Å². The van der Waals surface area contributed by atoms with Crippen LogP contribution in [0.3, 0.4) is 0 Å². The van der Waals surface area contributed by atoms with Gasteiger partial charge in [0, 0.05) is 12.1 Å². The van der Waals surface area contributed by atoms with Gasteiger partial charge in [0.2, 0.25) is 0 Å². The Hall–Kier alpha value is -2.43. The Labute approximate surface area is 114 Å². The molecule has 20 heavy (non-hydrogen) atoms. The van der Waals surface area contributed by atoms with Gasteiger partial charge < -0.3 is 9.73 Å². The molecule has 0 fully saturated rings. The summed E-state index contributed by atoms with van der Waals surface area (Å²) in [6, 6.07) is 14.1. The summed E-state index contributed by atoms with van der Waals surface area (Å²) in [4.78, 5) is 4.28. The molecule has 0 aliphatic heterocycles. The minimum absolute atomic E-state index is 0.0237. The van der Waals surface area contributed by atoms with Crippen LogP contribution in [0.1, 0.15) is 17.6 Å². The lowest BCUT2D eigenvalue weighted by atomic mass is 10.1. The fourth-order valence-electron chi connectivity index (χ4n) is 1.91. The van der Waals surface area contributed by atoms with Crippen molar-refractivity contribution in [2.45, 2.75) is 13.0 Å². The van der Waals surface area contributed by atoms with Crippen molar-refractivity contribution < 1.29 is 13.2 Å². The molecular formula is C15H12F2N2O. The standard InChI is InChI=1S/C15H12F2N2O/c16-14(17)11-7-5-10(6-8-11)9-18-15-19-12-3-1-2-4-13(12)20-15/h1-8,14H,9H2,(H,18,19). The predicted molar refractivity (Wildman–Crippen MR) is 72.7 cm³/mol. The number of benzene rings is 2. The Morgan fingerprint density at radius 1 is 1.05 bits per heavy atom. The molecule has 102 valence electrons. The van der Waals surface area contributed by atoms with E-state index >= 15 is 0 Å². The number of fused-ring (bicyclic) bond motifs is 1. The van der Waals surface area contributed by atoms with Crippen LogP contribution in [0.25, 0.3) is 11.1 Å². The van der Waals surface area contributed by atoms with Crippen LogP contribution >= 0.6 is 0 Å². The Morgan fingerprint density at radius 3 is 2.50 bits per heavy atom. The van der Waals surface area contributed by atoms with Gasteiger partial charge in [0.15, 0.2) is 5.58 Å². The van der Waals surface area contributed by atoms with Crippen molar-refractivity contribution in [1.29, 1.82) is 0 Å². The average Bonchev–Trinajstić information content (AvgIpc) is 2.88. The number of nitrogens with one attached hydrogen (secondary N) is 1. The lowest BCUT2D eigenvalue weighted by Gasteiger charge is -2.04. The number of halogens is 2. The molecule has 0 atom stereocenters. The highest BCUT2D eigenvalue weighted by molar-refractivity contribution is 5.74. The molecule has 0 amide bonds. The highest BCUT2D eigenvalue weighted by Gasteiger charge is 2.07. The minimum Gasteiger partial charge on any atom is -0.424 e. The second-order valence-electron chi connectivity index (χ2n) is 4.38. The molecule has 3 aromatic rings. The molecule has 0 saturated heterocycles. The Morgan fingerprint density at radius 2 is 1.80 bits per heavy atom. The van der Waals surface area contributed by atoms with E-state index < -0.39 is 6.43 Å². The monoisotopic (exact) mass is 274 g/mol. The number of hydrogen-bond acceptors (Lipinski definition) is 3. The molecule has 0 spiro atoms. The second-order valence-corrected chi connectivity index (χ2v) is 4.38. The zero-order valence-corrected chi connectivity index (χ0v) is 10.5. The van der Waals surface area contributed by atoms with Gasteiger partial charge in [-0.2, -0.15) is 4.98 Å². The normalized spacial score (nSPS) is 11.2. The summed E-state index contributed by atoms with van der Waals surface area (Å²) in [6.07, 6.45) is -2.44. The van der Waals surface area contributed by atoms with Crippen LogP contribution in [0, 0.1) is 0 Å². The Balaban J connectivity index is 1.69. The van der Waals surface area contributed by atoms with Crippen LogP contribution in [-0.4, -0.2) is 4.98 Å². The summed E-state index contributed by atoms with van der Waals surface area (Å²) in [7, 11) is 0. The molecule has 0 radical (unpaired) electrons. The van der Waals surface area contributed by atoms with E-state index in [2.05, 4.69) is 10.3 Å². The number of rotatable bonds is 4. The molecular weight excluding hydrogens is 262 g/mol. The van der Waals surface area contributed by atoms with Crippen LogP contribution in [-0.2, 0) is 6.54 Å². The van der Waals surface area contributed by atoms with Crippen molar-refractivity contribution in [3.8, 4) is 0 Å². The van der Waals surface area contributed by atoms with E-state index in [-0.39, 0.29) is 5.56 Å². The van der Waals surface area contributed by atoms with Gasteiger partial charge in [0.25, 0.3) is 12.4 Å². The van der Waals surface area contributed by atoms with Gasteiger partial charge in [-0.25, -0.2) is 8.78 Å². The molecule has 2 aromatic carbocycles. The third-order valence-electron chi connectivity index (χ3n) is 2.97. The zero-order chi connectivity index (χ0) is 13.9. The summed E-state index contributed by atoms with van der Waals surface area (Å²) < 4.78 is 30.4. The third kappa shape index (κ3) is 2.61. The average molecular weight is 274 g/mol. The first-order valence-corrected chi connectivity index (χ1v) is 6.19. The van der Waals surface area contributed by atoms with E-state index in [9.17, 15) is 8.78 Å². The number of alkyl halides is 2. The maximum Gasteiger partial charge on any atom is 0.295 e. The maximum atomic E-state index is 12.4. The molecule has 1 heterocycles. The first-order valence-electron chi connectivity index (χ1n) is 6.19. The number of aromatic nitrogens is 1. The number of nitrogens with zero attached hydrogens (tertiary/aromatic N) is 1. The quantitative estimate of drug-likeness (QED) is 0.767. The SMILES string of the molecule is FC(F)c1ccc(CNc2nc3ccccc3o2)cc1. The van der Waals surface area contributed by atoms with Gasteiger partial charge in [-0.15, -0.1) is 0 Å². The van der Waals surface area contributed by atoms with Gasteiger partial charge in [0.1, 0.15) is 5.52 Å². The fourth-order valence-corrected chi connectivity index (χ4v) is 1.91. The minimum atomic E-state index is -2.44. The predicted octanol–water partition coefficient (Wildman–Crippen LogP) is 4.38. The Bertz CT molecular complexity index is 674. The fraction of sp³-hybridized carbons (Fsp3) is 0.133. The molecule has 0 saturated carbocycles.